The van der Waals surface area contributed by atoms with E-state index in [0.29, 0.717) is 12.8 Å². The molecular formula is C16H30N4O3. The van der Waals surface area contributed by atoms with E-state index < -0.39 is 17.0 Å². The molecule has 0 aromatic rings. The first-order chi connectivity index (χ1) is 10.4. The number of nitrogens with zero attached hydrogens (tertiary/aromatic N) is 1. The minimum atomic E-state index is -0.938. The Bertz CT molecular complexity index is 451. The molecule has 0 aliphatic heterocycles. The van der Waals surface area contributed by atoms with E-state index in [4.69, 9.17) is 11.0 Å². The van der Waals surface area contributed by atoms with Crippen molar-refractivity contribution < 1.29 is 14.4 Å². The van der Waals surface area contributed by atoms with Gasteiger partial charge in [0.15, 0.2) is 0 Å². The third kappa shape index (κ3) is 12.2. The Labute approximate surface area is 139 Å². The average molecular weight is 326 g/mol. The third-order valence-corrected chi connectivity index (χ3v) is 2.75. The van der Waals surface area contributed by atoms with Gasteiger partial charge >= 0.3 is 0 Å². The number of hydrogen-bond donors (Lipinski definition) is 3. The zero-order chi connectivity index (χ0) is 18.7. The molecule has 132 valence electrons. The standard InChI is InChI=1S/C8H16N2O2.C8H14N2O/c1-4-5-6(11)10-8(2,3)7(9)12;1-4-5-7(11)10-8(2,3)6-9/h4-5H2,1-3H3,(H2,9,12)(H,10,11);4-5H2,1-3H3,(H,10,11). The van der Waals surface area contributed by atoms with E-state index in [1.165, 1.54) is 0 Å². The zero-order valence-corrected chi connectivity index (χ0v) is 15.1. The van der Waals surface area contributed by atoms with E-state index in [0.717, 1.165) is 12.8 Å². The molecule has 0 aliphatic carbocycles. The van der Waals surface area contributed by atoms with Gasteiger partial charge in [0.2, 0.25) is 17.7 Å². The first-order valence-electron chi connectivity index (χ1n) is 7.75. The van der Waals surface area contributed by atoms with Crippen molar-refractivity contribution in [3.63, 3.8) is 0 Å². The molecule has 0 aliphatic rings. The molecule has 3 amide bonds. The van der Waals surface area contributed by atoms with Gasteiger partial charge in [0.05, 0.1) is 6.07 Å². The molecule has 0 radical (unpaired) electrons. The monoisotopic (exact) mass is 326 g/mol. The lowest BCUT2D eigenvalue weighted by Crippen LogP contribution is -2.52. The van der Waals surface area contributed by atoms with Crippen molar-refractivity contribution >= 4 is 17.7 Å². The Morgan fingerprint density at radius 1 is 0.957 bits per heavy atom. The van der Waals surface area contributed by atoms with E-state index in [1.807, 2.05) is 19.9 Å². The summed E-state index contributed by atoms with van der Waals surface area (Å²) in [5, 5.41) is 13.7. The largest absolute Gasteiger partial charge is 0.368 e. The lowest BCUT2D eigenvalue weighted by molar-refractivity contribution is -0.130. The molecule has 0 fully saturated rings. The number of carbonyl (C=O) groups excluding carboxylic acids is 3. The van der Waals surface area contributed by atoms with Crippen LogP contribution in [0.5, 0.6) is 0 Å². The van der Waals surface area contributed by atoms with Crippen LogP contribution in [0.25, 0.3) is 0 Å². The van der Waals surface area contributed by atoms with Gasteiger partial charge in [-0.3, -0.25) is 14.4 Å². The molecule has 0 rings (SSSR count). The summed E-state index contributed by atoms with van der Waals surface area (Å²) in [6, 6.07) is 2.00. The Morgan fingerprint density at radius 2 is 1.35 bits per heavy atom. The molecule has 0 saturated heterocycles. The molecule has 7 nitrogen and oxygen atoms in total. The van der Waals surface area contributed by atoms with Crippen molar-refractivity contribution in [1.82, 2.24) is 10.6 Å². The summed E-state index contributed by atoms with van der Waals surface area (Å²) in [6.45, 7) is 10.4. The number of nitrogens with one attached hydrogen (secondary N) is 2. The number of rotatable bonds is 7. The first-order valence-corrected chi connectivity index (χ1v) is 7.75. The molecule has 7 heteroatoms. The summed E-state index contributed by atoms with van der Waals surface area (Å²) in [6.07, 6.45) is 2.50. The van der Waals surface area contributed by atoms with Crippen LogP contribution in [0.3, 0.4) is 0 Å². The van der Waals surface area contributed by atoms with Crippen LogP contribution in [-0.2, 0) is 14.4 Å². The quantitative estimate of drug-likeness (QED) is 0.653. The fraction of sp³-hybridized carbons (Fsp3) is 0.750. The molecule has 0 heterocycles. The van der Waals surface area contributed by atoms with E-state index >= 15 is 0 Å². The van der Waals surface area contributed by atoms with Crippen molar-refractivity contribution in [1.29, 1.82) is 5.26 Å². The number of nitriles is 1. The number of primary amides is 1. The minimum Gasteiger partial charge on any atom is -0.368 e. The van der Waals surface area contributed by atoms with E-state index in [-0.39, 0.29) is 11.8 Å². The van der Waals surface area contributed by atoms with Crippen molar-refractivity contribution in [3.05, 3.63) is 0 Å². The number of nitrogens with two attached hydrogens (primary N) is 1. The van der Waals surface area contributed by atoms with Crippen molar-refractivity contribution in [3.8, 4) is 6.07 Å². The molecule has 0 unspecified atom stereocenters. The Kier molecular flexibility index (Phi) is 10.7. The van der Waals surface area contributed by atoms with Crippen LogP contribution in [-0.4, -0.2) is 28.8 Å². The van der Waals surface area contributed by atoms with Gasteiger partial charge in [-0.1, -0.05) is 13.8 Å². The zero-order valence-electron chi connectivity index (χ0n) is 15.1. The minimum absolute atomic E-state index is 0.0564. The summed E-state index contributed by atoms with van der Waals surface area (Å²) >= 11 is 0. The van der Waals surface area contributed by atoms with Gasteiger partial charge in [0.1, 0.15) is 11.1 Å². The molecule has 23 heavy (non-hydrogen) atoms. The van der Waals surface area contributed by atoms with E-state index in [2.05, 4.69) is 10.6 Å². The molecular weight excluding hydrogens is 296 g/mol. The lowest BCUT2D eigenvalue weighted by Gasteiger charge is -2.21. The maximum absolute atomic E-state index is 11.0. The molecule has 0 aromatic heterocycles. The highest BCUT2D eigenvalue weighted by Crippen LogP contribution is 2.01. The first kappa shape index (κ1) is 23.2. The second-order valence-electron chi connectivity index (χ2n) is 6.32. The third-order valence-electron chi connectivity index (χ3n) is 2.75. The fourth-order valence-electron chi connectivity index (χ4n) is 1.37. The van der Waals surface area contributed by atoms with Crippen LogP contribution in [0.2, 0.25) is 0 Å². The molecule has 0 aromatic carbocycles. The molecule has 4 N–H and O–H groups in total. The van der Waals surface area contributed by atoms with Crippen LogP contribution in [0.15, 0.2) is 0 Å². The maximum atomic E-state index is 11.0. The summed E-state index contributed by atoms with van der Waals surface area (Å²) in [7, 11) is 0. The van der Waals surface area contributed by atoms with Gasteiger partial charge in [-0.15, -0.1) is 0 Å². The highest BCUT2D eigenvalue weighted by molar-refractivity contribution is 5.89. The Balaban J connectivity index is 0. The topological polar surface area (TPSA) is 125 Å². The number of hydrogen-bond acceptors (Lipinski definition) is 4. The van der Waals surface area contributed by atoms with Gasteiger partial charge in [-0.25, -0.2) is 0 Å². The van der Waals surface area contributed by atoms with Crippen LogP contribution in [0.4, 0.5) is 0 Å². The molecule has 0 bridgehead atoms. The Morgan fingerprint density at radius 3 is 1.65 bits per heavy atom. The number of carbonyl (C=O) groups is 3. The smallest absolute Gasteiger partial charge is 0.242 e. The Hall–Kier alpha value is -2.10. The summed E-state index contributed by atoms with van der Waals surface area (Å²) < 4.78 is 0. The van der Waals surface area contributed by atoms with Gasteiger partial charge < -0.3 is 16.4 Å². The molecule has 0 atom stereocenters. The highest BCUT2D eigenvalue weighted by Gasteiger charge is 2.26. The highest BCUT2D eigenvalue weighted by atomic mass is 16.2. The average Bonchev–Trinajstić information content (AvgIpc) is 2.38. The second-order valence-corrected chi connectivity index (χ2v) is 6.32. The SMILES string of the molecule is CCCC(=O)NC(C)(C)C#N.CCCC(=O)NC(C)(C)C(N)=O. The van der Waals surface area contributed by atoms with E-state index in [9.17, 15) is 14.4 Å². The van der Waals surface area contributed by atoms with Crippen LogP contribution < -0.4 is 16.4 Å². The van der Waals surface area contributed by atoms with E-state index in [1.54, 1.807) is 27.7 Å². The molecule has 0 spiro atoms. The summed E-state index contributed by atoms with van der Waals surface area (Å²) in [5.74, 6) is -0.715. The van der Waals surface area contributed by atoms with Crippen LogP contribution in [0, 0.1) is 11.3 Å². The fourth-order valence-corrected chi connectivity index (χ4v) is 1.37. The van der Waals surface area contributed by atoms with Crippen molar-refractivity contribution in [2.45, 2.75) is 78.3 Å². The van der Waals surface area contributed by atoms with Crippen molar-refractivity contribution in [2.24, 2.45) is 5.73 Å². The predicted molar refractivity (Wildman–Crippen MR) is 89.1 cm³/mol. The van der Waals surface area contributed by atoms with Crippen LogP contribution in [0.1, 0.15) is 67.2 Å². The predicted octanol–water partition coefficient (Wildman–Crippen LogP) is 1.37. The summed E-state index contributed by atoms with van der Waals surface area (Å²) in [5.41, 5.74) is 3.39. The van der Waals surface area contributed by atoms with Gasteiger partial charge in [0, 0.05) is 12.8 Å². The van der Waals surface area contributed by atoms with Gasteiger partial charge in [0.25, 0.3) is 0 Å². The maximum Gasteiger partial charge on any atom is 0.242 e. The second kappa shape index (κ2) is 10.6. The normalized spacial score (nSPS) is 10.7. The van der Waals surface area contributed by atoms with Gasteiger partial charge in [-0.05, 0) is 40.5 Å². The van der Waals surface area contributed by atoms with Crippen molar-refractivity contribution in [2.75, 3.05) is 0 Å². The summed E-state index contributed by atoms with van der Waals surface area (Å²) in [4.78, 5) is 32.8. The molecule has 0 saturated carbocycles. The lowest BCUT2D eigenvalue weighted by atomic mass is 10.0. The van der Waals surface area contributed by atoms with Gasteiger partial charge in [-0.2, -0.15) is 5.26 Å². The van der Waals surface area contributed by atoms with Crippen LogP contribution >= 0.6 is 0 Å². The number of amides is 3.